The van der Waals surface area contributed by atoms with Crippen LogP contribution in [0.3, 0.4) is 0 Å². The number of benzene rings is 1. The van der Waals surface area contributed by atoms with Crippen molar-refractivity contribution in [3.63, 3.8) is 0 Å². The predicted molar refractivity (Wildman–Crippen MR) is 77.6 cm³/mol. The minimum atomic E-state index is 0.458. The normalized spacial score (nSPS) is 15.0. The molecule has 0 amide bonds. The van der Waals surface area contributed by atoms with E-state index in [-0.39, 0.29) is 0 Å². The van der Waals surface area contributed by atoms with Crippen LogP contribution in [0.4, 0.5) is 0 Å². The molecule has 0 radical (unpaired) electrons. The highest BCUT2D eigenvalue weighted by Crippen LogP contribution is 2.28. The zero-order valence-electron chi connectivity index (χ0n) is 10.8. The van der Waals surface area contributed by atoms with Gasteiger partial charge in [0.1, 0.15) is 4.99 Å². The Labute approximate surface area is 114 Å². The molecule has 0 spiro atoms. The van der Waals surface area contributed by atoms with E-state index in [2.05, 4.69) is 17.0 Å². The lowest BCUT2D eigenvalue weighted by Gasteiger charge is -2.21. The molecule has 3 nitrogen and oxygen atoms in total. The van der Waals surface area contributed by atoms with E-state index in [0.717, 1.165) is 31.3 Å². The first kappa shape index (κ1) is 13.5. The Balaban J connectivity index is 1.95. The van der Waals surface area contributed by atoms with Crippen molar-refractivity contribution < 1.29 is 4.74 Å². The summed E-state index contributed by atoms with van der Waals surface area (Å²) >= 11 is 4.95. The molecule has 1 fully saturated rings. The van der Waals surface area contributed by atoms with Crippen LogP contribution in [0.15, 0.2) is 24.3 Å². The molecule has 0 bridgehead atoms. The van der Waals surface area contributed by atoms with Gasteiger partial charge in [-0.3, -0.25) is 4.90 Å². The van der Waals surface area contributed by atoms with Crippen LogP contribution >= 0.6 is 12.2 Å². The maximum absolute atomic E-state index is 5.59. The number of rotatable bonds is 7. The second-order valence-electron chi connectivity index (χ2n) is 4.76. The van der Waals surface area contributed by atoms with Crippen molar-refractivity contribution in [1.29, 1.82) is 0 Å². The monoisotopic (exact) mass is 264 g/mol. The van der Waals surface area contributed by atoms with Crippen molar-refractivity contribution in [3.05, 3.63) is 35.4 Å². The minimum Gasteiger partial charge on any atom is -0.389 e. The summed E-state index contributed by atoms with van der Waals surface area (Å²) in [5.41, 5.74) is 7.83. The first-order chi connectivity index (χ1) is 8.70. The van der Waals surface area contributed by atoms with Crippen LogP contribution < -0.4 is 5.73 Å². The summed E-state index contributed by atoms with van der Waals surface area (Å²) in [5.74, 6) is 0. The first-order valence-corrected chi connectivity index (χ1v) is 6.73. The van der Waals surface area contributed by atoms with Gasteiger partial charge in [-0.25, -0.2) is 0 Å². The molecule has 0 atom stereocenters. The lowest BCUT2D eigenvalue weighted by molar-refractivity contribution is 0.139. The van der Waals surface area contributed by atoms with Crippen LogP contribution in [0.25, 0.3) is 0 Å². The molecule has 4 heteroatoms. The van der Waals surface area contributed by atoms with E-state index in [9.17, 15) is 0 Å². The van der Waals surface area contributed by atoms with Crippen molar-refractivity contribution in [1.82, 2.24) is 4.90 Å². The van der Waals surface area contributed by atoms with Gasteiger partial charge in [-0.1, -0.05) is 36.5 Å². The van der Waals surface area contributed by atoms with E-state index < -0.39 is 0 Å². The van der Waals surface area contributed by atoms with E-state index in [4.69, 9.17) is 22.7 Å². The molecule has 1 aliphatic carbocycles. The van der Waals surface area contributed by atoms with Crippen LogP contribution in [0.2, 0.25) is 0 Å². The molecule has 0 heterocycles. The molecule has 1 aromatic rings. The first-order valence-electron chi connectivity index (χ1n) is 6.32. The highest BCUT2D eigenvalue weighted by molar-refractivity contribution is 7.80. The van der Waals surface area contributed by atoms with Crippen LogP contribution in [-0.2, 0) is 11.3 Å². The smallest absolute Gasteiger partial charge is 0.103 e. The zero-order valence-corrected chi connectivity index (χ0v) is 11.6. The summed E-state index contributed by atoms with van der Waals surface area (Å²) < 4.78 is 5.16. The van der Waals surface area contributed by atoms with Crippen LogP contribution in [0, 0.1) is 0 Å². The molecule has 1 aliphatic rings. The Morgan fingerprint density at radius 3 is 2.56 bits per heavy atom. The van der Waals surface area contributed by atoms with Gasteiger partial charge in [0.05, 0.1) is 6.61 Å². The largest absolute Gasteiger partial charge is 0.389 e. The molecule has 98 valence electrons. The number of methoxy groups -OCH3 is 1. The van der Waals surface area contributed by atoms with Gasteiger partial charge in [-0.2, -0.15) is 0 Å². The molecular weight excluding hydrogens is 244 g/mol. The number of ether oxygens (including phenoxy) is 1. The molecule has 1 aromatic carbocycles. The number of nitrogens with two attached hydrogens (primary N) is 1. The summed E-state index contributed by atoms with van der Waals surface area (Å²) in [7, 11) is 1.75. The Bertz CT molecular complexity index is 401. The Morgan fingerprint density at radius 1 is 1.39 bits per heavy atom. The molecule has 0 saturated heterocycles. The number of thiocarbonyl (C=S) groups is 1. The Kier molecular flexibility index (Phi) is 4.69. The summed E-state index contributed by atoms with van der Waals surface area (Å²) in [6.45, 7) is 2.77. The molecule has 18 heavy (non-hydrogen) atoms. The summed E-state index contributed by atoms with van der Waals surface area (Å²) in [6.07, 6.45) is 2.63. The van der Waals surface area contributed by atoms with E-state index in [1.807, 2.05) is 12.1 Å². The lowest BCUT2D eigenvalue weighted by atomic mass is 10.1. The number of hydrogen-bond acceptors (Lipinski definition) is 3. The van der Waals surface area contributed by atoms with Gasteiger partial charge in [0.2, 0.25) is 0 Å². The van der Waals surface area contributed by atoms with Gasteiger partial charge in [0.25, 0.3) is 0 Å². The third-order valence-electron chi connectivity index (χ3n) is 3.27. The van der Waals surface area contributed by atoms with Crippen molar-refractivity contribution in [3.8, 4) is 0 Å². The quantitative estimate of drug-likeness (QED) is 0.764. The summed E-state index contributed by atoms with van der Waals surface area (Å²) in [5, 5.41) is 0. The molecule has 0 aromatic heterocycles. The predicted octanol–water partition coefficient (Wildman–Crippen LogP) is 1.93. The SMILES string of the molecule is COCCN(Cc1ccc(C(N)=S)cc1)C1CC1. The minimum absolute atomic E-state index is 0.458. The fourth-order valence-corrected chi connectivity index (χ4v) is 2.18. The molecule has 2 rings (SSSR count). The maximum atomic E-state index is 5.59. The van der Waals surface area contributed by atoms with E-state index in [0.29, 0.717) is 4.99 Å². The van der Waals surface area contributed by atoms with Crippen LogP contribution in [0.1, 0.15) is 24.0 Å². The highest BCUT2D eigenvalue weighted by Gasteiger charge is 2.28. The molecule has 1 saturated carbocycles. The number of hydrogen-bond donors (Lipinski definition) is 1. The van der Waals surface area contributed by atoms with E-state index in [1.54, 1.807) is 7.11 Å². The Hall–Kier alpha value is -0.970. The van der Waals surface area contributed by atoms with Crippen molar-refractivity contribution >= 4 is 17.2 Å². The highest BCUT2D eigenvalue weighted by atomic mass is 32.1. The molecule has 0 aliphatic heterocycles. The average Bonchev–Trinajstić information content (AvgIpc) is 3.19. The fourth-order valence-electron chi connectivity index (χ4n) is 2.05. The van der Waals surface area contributed by atoms with Gasteiger partial charge >= 0.3 is 0 Å². The zero-order chi connectivity index (χ0) is 13.0. The van der Waals surface area contributed by atoms with Gasteiger partial charge in [-0.15, -0.1) is 0 Å². The second-order valence-corrected chi connectivity index (χ2v) is 5.20. The van der Waals surface area contributed by atoms with Gasteiger partial charge in [0.15, 0.2) is 0 Å². The number of nitrogens with zero attached hydrogens (tertiary/aromatic N) is 1. The average molecular weight is 264 g/mol. The summed E-state index contributed by atoms with van der Waals surface area (Å²) in [6, 6.07) is 8.96. The van der Waals surface area contributed by atoms with Gasteiger partial charge < -0.3 is 10.5 Å². The van der Waals surface area contributed by atoms with Gasteiger partial charge in [0, 0.05) is 31.8 Å². The van der Waals surface area contributed by atoms with Crippen LogP contribution in [-0.4, -0.2) is 36.2 Å². The van der Waals surface area contributed by atoms with E-state index >= 15 is 0 Å². The van der Waals surface area contributed by atoms with Crippen molar-refractivity contribution in [2.45, 2.75) is 25.4 Å². The fraction of sp³-hybridized carbons (Fsp3) is 0.500. The molecule has 0 unspecified atom stereocenters. The third kappa shape index (κ3) is 3.77. The standard InChI is InChI=1S/C14H20N2OS/c1-17-9-8-16(13-6-7-13)10-11-2-4-12(5-3-11)14(15)18/h2-5,13H,6-10H2,1H3,(H2,15,18). The second kappa shape index (κ2) is 6.27. The third-order valence-corrected chi connectivity index (χ3v) is 3.51. The van der Waals surface area contributed by atoms with Crippen molar-refractivity contribution in [2.24, 2.45) is 5.73 Å². The topological polar surface area (TPSA) is 38.5 Å². The summed E-state index contributed by atoms with van der Waals surface area (Å²) in [4.78, 5) is 2.94. The lowest BCUT2D eigenvalue weighted by Crippen LogP contribution is -2.29. The van der Waals surface area contributed by atoms with Crippen LogP contribution in [0.5, 0.6) is 0 Å². The van der Waals surface area contributed by atoms with Crippen molar-refractivity contribution in [2.75, 3.05) is 20.3 Å². The Morgan fingerprint density at radius 2 is 2.06 bits per heavy atom. The van der Waals surface area contributed by atoms with Gasteiger partial charge in [-0.05, 0) is 18.4 Å². The maximum Gasteiger partial charge on any atom is 0.103 e. The van der Waals surface area contributed by atoms with E-state index in [1.165, 1.54) is 18.4 Å². The molecular formula is C14H20N2OS. The molecule has 2 N–H and O–H groups in total.